The molecule has 2 aliphatic rings. The van der Waals surface area contributed by atoms with E-state index in [2.05, 4.69) is 24.1 Å². The molecule has 0 amide bonds. The van der Waals surface area contributed by atoms with Crippen LogP contribution in [-0.2, 0) is 4.74 Å². The van der Waals surface area contributed by atoms with Gasteiger partial charge >= 0.3 is 0 Å². The van der Waals surface area contributed by atoms with Gasteiger partial charge in [-0.05, 0) is 52.0 Å². The molecule has 0 aromatic heterocycles. The minimum absolute atomic E-state index is 0.0164. The van der Waals surface area contributed by atoms with Crippen molar-refractivity contribution >= 4 is 0 Å². The fourth-order valence-corrected chi connectivity index (χ4v) is 3.80. The van der Waals surface area contributed by atoms with Crippen molar-refractivity contribution in [3.8, 4) is 0 Å². The van der Waals surface area contributed by atoms with Gasteiger partial charge in [0.15, 0.2) is 0 Å². The maximum atomic E-state index is 9.77. The van der Waals surface area contributed by atoms with Crippen molar-refractivity contribution in [3.05, 3.63) is 0 Å². The van der Waals surface area contributed by atoms with Crippen molar-refractivity contribution < 1.29 is 9.84 Å². The lowest BCUT2D eigenvalue weighted by molar-refractivity contribution is 0.00328. The number of aliphatic hydroxyl groups is 1. The van der Waals surface area contributed by atoms with E-state index >= 15 is 0 Å². The van der Waals surface area contributed by atoms with Crippen molar-refractivity contribution in [1.82, 2.24) is 10.2 Å². The molecule has 118 valence electrons. The Hall–Kier alpha value is -0.160. The summed E-state index contributed by atoms with van der Waals surface area (Å²) in [6.45, 7) is 8.71. The van der Waals surface area contributed by atoms with Crippen molar-refractivity contribution in [2.24, 2.45) is 0 Å². The molecule has 20 heavy (non-hydrogen) atoms. The second kappa shape index (κ2) is 7.74. The first kappa shape index (κ1) is 16.2. The summed E-state index contributed by atoms with van der Waals surface area (Å²) in [4.78, 5) is 2.63. The fraction of sp³-hybridized carbons (Fsp3) is 1.00. The Morgan fingerprint density at radius 2 is 2.00 bits per heavy atom. The third-order valence-corrected chi connectivity index (χ3v) is 5.03. The summed E-state index contributed by atoms with van der Waals surface area (Å²) in [5.74, 6) is 0. The first-order chi connectivity index (χ1) is 9.73. The van der Waals surface area contributed by atoms with Crippen LogP contribution in [0.15, 0.2) is 0 Å². The third kappa shape index (κ3) is 3.94. The largest absolute Gasteiger partial charge is 0.394 e. The summed E-state index contributed by atoms with van der Waals surface area (Å²) < 4.78 is 5.73. The molecule has 1 saturated heterocycles. The predicted octanol–water partition coefficient (Wildman–Crippen LogP) is 1.77. The molecular weight excluding hydrogens is 252 g/mol. The summed E-state index contributed by atoms with van der Waals surface area (Å²) in [6.07, 6.45) is 7.36. The van der Waals surface area contributed by atoms with Crippen LogP contribution >= 0.6 is 0 Å². The molecule has 0 aromatic rings. The van der Waals surface area contributed by atoms with Gasteiger partial charge < -0.3 is 20.1 Å². The normalized spacial score (nSPS) is 32.9. The minimum Gasteiger partial charge on any atom is -0.394 e. The quantitative estimate of drug-likeness (QED) is 0.748. The maximum Gasteiger partial charge on any atom is 0.0613 e. The Kier molecular flexibility index (Phi) is 6.27. The summed E-state index contributed by atoms with van der Waals surface area (Å²) >= 11 is 0. The van der Waals surface area contributed by atoms with Crippen LogP contribution in [0.3, 0.4) is 0 Å². The van der Waals surface area contributed by atoms with Gasteiger partial charge in [0.25, 0.3) is 0 Å². The number of hydrogen-bond acceptors (Lipinski definition) is 4. The molecule has 2 atom stereocenters. The lowest BCUT2D eigenvalue weighted by atomic mass is 9.97. The van der Waals surface area contributed by atoms with Crippen molar-refractivity contribution in [3.63, 3.8) is 0 Å². The topological polar surface area (TPSA) is 44.7 Å². The minimum atomic E-state index is -0.0164. The highest BCUT2D eigenvalue weighted by atomic mass is 16.5. The number of ether oxygens (including phenoxy) is 1. The second-order valence-electron chi connectivity index (χ2n) is 6.45. The Bertz CT molecular complexity index is 280. The van der Waals surface area contributed by atoms with Crippen LogP contribution in [0.4, 0.5) is 0 Å². The molecule has 4 heteroatoms. The van der Waals surface area contributed by atoms with Gasteiger partial charge in [0.1, 0.15) is 0 Å². The average Bonchev–Trinajstić information content (AvgIpc) is 2.91. The smallest absolute Gasteiger partial charge is 0.0613 e. The van der Waals surface area contributed by atoms with Gasteiger partial charge in [-0.3, -0.25) is 0 Å². The molecule has 0 aromatic carbocycles. The second-order valence-corrected chi connectivity index (χ2v) is 6.45. The van der Waals surface area contributed by atoms with Crippen LogP contribution in [0.5, 0.6) is 0 Å². The molecule has 2 fully saturated rings. The third-order valence-electron chi connectivity index (χ3n) is 5.03. The molecule has 1 saturated carbocycles. The Balaban J connectivity index is 1.80. The van der Waals surface area contributed by atoms with Crippen molar-refractivity contribution in [1.29, 1.82) is 0 Å². The first-order valence-electron chi connectivity index (χ1n) is 8.44. The van der Waals surface area contributed by atoms with E-state index in [1.54, 1.807) is 0 Å². The zero-order chi connectivity index (χ0) is 14.4. The highest BCUT2D eigenvalue weighted by Crippen LogP contribution is 2.34. The number of nitrogens with one attached hydrogen (secondary N) is 1. The monoisotopic (exact) mass is 284 g/mol. The summed E-state index contributed by atoms with van der Waals surface area (Å²) in [6, 6.07) is 0.647. The van der Waals surface area contributed by atoms with Crippen LogP contribution in [-0.4, -0.2) is 60.5 Å². The highest BCUT2D eigenvalue weighted by molar-refractivity contribution is 5.00. The Morgan fingerprint density at radius 3 is 2.60 bits per heavy atom. The van der Waals surface area contributed by atoms with E-state index in [0.29, 0.717) is 12.1 Å². The number of nitrogens with zero attached hydrogens (tertiary/aromatic N) is 1. The molecule has 4 nitrogen and oxygen atoms in total. The van der Waals surface area contributed by atoms with Gasteiger partial charge in [-0.15, -0.1) is 0 Å². The van der Waals surface area contributed by atoms with Crippen molar-refractivity contribution in [2.75, 3.05) is 32.8 Å². The van der Waals surface area contributed by atoms with Gasteiger partial charge in [-0.25, -0.2) is 0 Å². The van der Waals surface area contributed by atoms with E-state index in [9.17, 15) is 5.11 Å². The zero-order valence-electron chi connectivity index (χ0n) is 13.2. The highest BCUT2D eigenvalue weighted by Gasteiger charge is 2.41. The van der Waals surface area contributed by atoms with Gasteiger partial charge in [-0.1, -0.05) is 6.92 Å². The molecule has 1 aliphatic carbocycles. The Labute approximate surface area is 123 Å². The number of piperidine rings is 1. The van der Waals surface area contributed by atoms with E-state index in [0.717, 1.165) is 45.5 Å². The number of hydrogen-bond donors (Lipinski definition) is 2. The summed E-state index contributed by atoms with van der Waals surface area (Å²) in [5, 5.41) is 13.4. The lowest BCUT2D eigenvalue weighted by Gasteiger charge is -2.37. The molecule has 2 N–H and O–H groups in total. The molecule has 2 rings (SSSR count). The van der Waals surface area contributed by atoms with E-state index in [4.69, 9.17) is 4.74 Å². The molecular formula is C16H32N2O2. The zero-order valence-corrected chi connectivity index (χ0v) is 13.2. The van der Waals surface area contributed by atoms with Gasteiger partial charge in [0, 0.05) is 31.3 Å². The van der Waals surface area contributed by atoms with Gasteiger partial charge in [0.2, 0.25) is 0 Å². The first-order valence-corrected chi connectivity index (χ1v) is 8.44. The summed E-state index contributed by atoms with van der Waals surface area (Å²) in [7, 11) is 0. The molecule has 0 radical (unpaired) electrons. The van der Waals surface area contributed by atoms with Crippen LogP contribution in [0.2, 0.25) is 0 Å². The van der Waals surface area contributed by atoms with E-state index < -0.39 is 0 Å². The SMILES string of the molecule is CCCNC1(CO)CCC(N2CCC(OCC)CC2)C1. The lowest BCUT2D eigenvalue weighted by Crippen LogP contribution is -2.49. The van der Waals surface area contributed by atoms with Crippen LogP contribution in [0, 0.1) is 0 Å². The standard InChI is InChI=1S/C16H32N2O2/c1-3-9-17-16(13-19)8-5-14(12-16)18-10-6-15(7-11-18)20-4-2/h14-15,17,19H,3-13H2,1-2H3. The molecule has 1 aliphatic heterocycles. The van der Waals surface area contributed by atoms with Crippen molar-refractivity contribution in [2.45, 2.75) is 70.1 Å². The molecule has 1 heterocycles. The summed E-state index contributed by atoms with van der Waals surface area (Å²) in [5.41, 5.74) is -0.0164. The molecule has 2 unspecified atom stereocenters. The Morgan fingerprint density at radius 1 is 1.25 bits per heavy atom. The molecule has 0 bridgehead atoms. The van der Waals surface area contributed by atoms with E-state index in [-0.39, 0.29) is 12.1 Å². The van der Waals surface area contributed by atoms with Crippen LogP contribution in [0.1, 0.15) is 52.4 Å². The number of aliphatic hydroxyl groups excluding tert-OH is 1. The maximum absolute atomic E-state index is 9.77. The van der Waals surface area contributed by atoms with Gasteiger partial charge in [0.05, 0.1) is 12.7 Å². The van der Waals surface area contributed by atoms with Gasteiger partial charge in [-0.2, -0.15) is 0 Å². The predicted molar refractivity (Wildman–Crippen MR) is 82.0 cm³/mol. The van der Waals surface area contributed by atoms with Crippen LogP contribution in [0.25, 0.3) is 0 Å². The number of rotatable bonds is 7. The van der Waals surface area contributed by atoms with Crippen LogP contribution < -0.4 is 5.32 Å². The van der Waals surface area contributed by atoms with E-state index in [1.165, 1.54) is 19.3 Å². The average molecular weight is 284 g/mol. The fourth-order valence-electron chi connectivity index (χ4n) is 3.80. The number of likely N-dealkylation sites (tertiary alicyclic amines) is 1. The van der Waals surface area contributed by atoms with E-state index in [1.807, 2.05) is 0 Å². The molecule has 0 spiro atoms.